The molecule has 0 unspecified atom stereocenters. The first-order valence-electron chi connectivity index (χ1n) is 5.61. The van der Waals surface area contributed by atoms with Crippen LogP contribution < -0.4 is 0 Å². The SMILES string of the molecule is CN(CC1CC1)C(=O)/C(C#N)=C\c1ccco1. The van der Waals surface area contributed by atoms with Crippen molar-refractivity contribution < 1.29 is 9.21 Å². The minimum Gasteiger partial charge on any atom is -0.465 e. The Hall–Kier alpha value is -2.02. The number of carbonyl (C=O) groups excluding carboxylic acids is 1. The van der Waals surface area contributed by atoms with Crippen LogP contribution in [0.1, 0.15) is 18.6 Å². The molecule has 0 spiro atoms. The van der Waals surface area contributed by atoms with Crippen LogP contribution >= 0.6 is 0 Å². The van der Waals surface area contributed by atoms with E-state index in [0.29, 0.717) is 11.7 Å². The molecular formula is C13H14N2O2. The Balaban J connectivity index is 2.07. The van der Waals surface area contributed by atoms with Crippen LogP contribution in [-0.4, -0.2) is 24.4 Å². The average Bonchev–Trinajstić information content (AvgIpc) is 2.99. The number of carbonyl (C=O) groups is 1. The van der Waals surface area contributed by atoms with Gasteiger partial charge in [-0.2, -0.15) is 5.26 Å². The molecule has 0 N–H and O–H groups in total. The maximum absolute atomic E-state index is 12.0. The zero-order valence-electron chi connectivity index (χ0n) is 9.72. The van der Waals surface area contributed by atoms with Crippen molar-refractivity contribution in [3.63, 3.8) is 0 Å². The van der Waals surface area contributed by atoms with Crippen LogP contribution in [0.25, 0.3) is 6.08 Å². The van der Waals surface area contributed by atoms with E-state index in [1.165, 1.54) is 25.2 Å². The molecule has 2 rings (SSSR count). The molecule has 0 aromatic carbocycles. The van der Waals surface area contributed by atoms with Gasteiger partial charge < -0.3 is 9.32 Å². The summed E-state index contributed by atoms with van der Waals surface area (Å²) >= 11 is 0. The van der Waals surface area contributed by atoms with Crippen molar-refractivity contribution in [3.05, 3.63) is 29.7 Å². The summed E-state index contributed by atoms with van der Waals surface area (Å²) in [4.78, 5) is 13.6. The van der Waals surface area contributed by atoms with E-state index in [1.807, 2.05) is 6.07 Å². The van der Waals surface area contributed by atoms with Gasteiger partial charge in [0.2, 0.25) is 0 Å². The number of nitrogens with zero attached hydrogens (tertiary/aromatic N) is 2. The van der Waals surface area contributed by atoms with E-state index in [1.54, 1.807) is 24.1 Å². The molecule has 1 aromatic rings. The zero-order chi connectivity index (χ0) is 12.3. The highest BCUT2D eigenvalue weighted by molar-refractivity contribution is 6.01. The van der Waals surface area contributed by atoms with E-state index in [9.17, 15) is 4.79 Å². The highest BCUT2D eigenvalue weighted by Crippen LogP contribution is 2.29. The third-order valence-corrected chi connectivity index (χ3v) is 2.76. The lowest BCUT2D eigenvalue weighted by atomic mass is 10.2. The second kappa shape index (κ2) is 4.88. The number of likely N-dealkylation sites (N-methyl/N-ethyl adjacent to an activating group) is 1. The molecule has 0 atom stereocenters. The van der Waals surface area contributed by atoms with Gasteiger partial charge >= 0.3 is 0 Å². The second-order valence-corrected chi connectivity index (χ2v) is 4.31. The molecule has 0 saturated heterocycles. The summed E-state index contributed by atoms with van der Waals surface area (Å²) in [6, 6.07) is 5.36. The molecule has 1 saturated carbocycles. The quantitative estimate of drug-likeness (QED) is 0.587. The summed E-state index contributed by atoms with van der Waals surface area (Å²) in [6.45, 7) is 0.732. The van der Waals surface area contributed by atoms with E-state index < -0.39 is 0 Å². The lowest BCUT2D eigenvalue weighted by Crippen LogP contribution is -2.29. The smallest absolute Gasteiger partial charge is 0.264 e. The summed E-state index contributed by atoms with van der Waals surface area (Å²) in [6.07, 6.45) is 5.35. The van der Waals surface area contributed by atoms with Crippen molar-refractivity contribution in [2.24, 2.45) is 5.92 Å². The molecule has 1 aliphatic carbocycles. The summed E-state index contributed by atoms with van der Waals surface area (Å²) in [5.41, 5.74) is 0.114. The van der Waals surface area contributed by atoms with Crippen molar-refractivity contribution in [3.8, 4) is 6.07 Å². The molecular weight excluding hydrogens is 216 g/mol. The topological polar surface area (TPSA) is 57.2 Å². The number of amides is 1. The Morgan fingerprint density at radius 1 is 1.71 bits per heavy atom. The van der Waals surface area contributed by atoms with Crippen LogP contribution in [0.2, 0.25) is 0 Å². The maximum atomic E-state index is 12.0. The number of rotatable bonds is 4. The highest BCUT2D eigenvalue weighted by atomic mass is 16.3. The van der Waals surface area contributed by atoms with Gasteiger partial charge in [-0.3, -0.25) is 4.79 Å². The fourth-order valence-electron chi connectivity index (χ4n) is 1.63. The summed E-state index contributed by atoms with van der Waals surface area (Å²) in [5, 5.41) is 8.99. The Morgan fingerprint density at radius 2 is 2.47 bits per heavy atom. The molecule has 17 heavy (non-hydrogen) atoms. The van der Waals surface area contributed by atoms with Crippen LogP contribution in [0.5, 0.6) is 0 Å². The van der Waals surface area contributed by atoms with E-state index in [2.05, 4.69) is 0 Å². The number of furan rings is 1. The first-order chi connectivity index (χ1) is 8.20. The lowest BCUT2D eigenvalue weighted by Gasteiger charge is -2.15. The van der Waals surface area contributed by atoms with Gasteiger partial charge in [-0.1, -0.05) is 0 Å². The Labute approximate surface area is 100 Å². The predicted molar refractivity (Wildman–Crippen MR) is 62.7 cm³/mol. The second-order valence-electron chi connectivity index (χ2n) is 4.31. The third kappa shape index (κ3) is 2.97. The number of nitriles is 1. The van der Waals surface area contributed by atoms with Gasteiger partial charge in [0.25, 0.3) is 5.91 Å². The molecule has 88 valence electrons. The number of hydrogen-bond donors (Lipinski definition) is 0. The van der Waals surface area contributed by atoms with Crippen molar-refractivity contribution in [1.82, 2.24) is 4.90 Å². The van der Waals surface area contributed by atoms with Gasteiger partial charge in [-0.05, 0) is 30.9 Å². The van der Waals surface area contributed by atoms with E-state index in [4.69, 9.17) is 9.68 Å². The molecule has 4 nitrogen and oxygen atoms in total. The Morgan fingerprint density at radius 3 is 3.00 bits per heavy atom. The van der Waals surface area contributed by atoms with Crippen LogP contribution in [0.4, 0.5) is 0 Å². The standard InChI is InChI=1S/C13H14N2O2/c1-15(9-10-4-5-10)13(16)11(8-14)7-12-3-2-6-17-12/h2-3,6-7,10H,4-5,9H2,1H3/b11-7-. The monoisotopic (exact) mass is 230 g/mol. The summed E-state index contributed by atoms with van der Waals surface area (Å²) in [5.74, 6) is 0.901. The fraction of sp³-hybridized carbons (Fsp3) is 0.385. The normalized spacial score (nSPS) is 15.4. The van der Waals surface area contributed by atoms with Crippen molar-refractivity contribution in [2.75, 3.05) is 13.6 Å². The van der Waals surface area contributed by atoms with Gasteiger partial charge in [0, 0.05) is 19.7 Å². The van der Waals surface area contributed by atoms with Crippen LogP contribution in [-0.2, 0) is 4.79 Å². The summed E-state index contributed by atoms with van der Waals surface area (Å²) < 4.78 is 5.09. The van der Waals surface area contributed by atoms with Crippen LogP contribution in [0.3, 0.4) is 0 Å². The van der Waals surface area contributed by atoms with Gasteiger partial charge in [-0.25, -0.2) is 0 Å². The molecule has 0 aliphatic heterocycles. The van der Waals surface area contributed by atoms with Gasteiger partial charge in [0.05, 0.1) is 6.26 Å². The molecule has 0 radical (unpaired) electrons. The molecule has 1 amide bonds. The Kier molecular flexibility index (Phi) is 3.29. The fourth-order valence-corrected chi connectivity index (χ4v) is 1.63. The summed E-state index contributed by atoms with van der Waals surface area (Å²) in [7, 11) is 1.73. The highest BCUT2D eigenvalue weighted by Gasteiger charge is 2.26. The third-order valence-electron chi connectivity index (χ3n) is 2.76. The van der Waals surface area contributed by atoms with Crippen molar-refractivity contribution >= 4 is 12.0 Å². The van der Waals surface area contributed by atoms with Crippen molar-refractivity contribution in [2.45, 2.75) is 12.8 Å². The minimum absolute atomic E-state index is 0.114. The first kappa shape index (κ1) is 11.5. The van der Waals surface area contributed by atoms with Gasteiger partial charge in [0.1, 0.15) is 17.4 Å². The first-order valence-corrected chi connectivity index (χ1v) is 5.61. The molecule has 0 bridgehead atoms. The molecule has 1 heterocycles. The van der Waals surface area contributed by atoms with E-state index in [-0.39, 0.29) is 11.5 Å². The Bertz CT molecular complexity index is 464. The molecule has 1 aromatic heterocycles. The largest absolute Gasteiger partial charge is 0.465 e. The van der Waals surface area contributed by atoms with E-state index in [0.717, 1.165) is 6.54 Å². The van der Waals surface area contributed by atoms with Gasteiger partial charge in [-0.15, -0.1) is 0 Å². The average molecular weight is 230 g/mol. The van der Waals surface area contributed by atoms with Gasteiger partial charge in [0.15, 0.2) is 0 Å². The minimum atomic E-state index is -0.240. The van der Waals surface area contributed by atoms with E-state index >= 15 is 0 Å². The number of hydrogen-bond acceptors (Lipinski definition) is 3. The lowest BCUT2D eigenvalue weighted by molar-refractivity contribution is -0.125. The zero-order valence-corrected chi connectivity index (χ0v) is 9.72. The van der Waals surface area contributed by atoms with Crippen molar-refractivity contribution in [1.29, 1.82) is 5.26 Å². The molecule has 1 aliphatic rings. The maximum Gasteiger partial charge on any atom is 0.264 e. The predicted octanol–water partition coefficient (Wildman–Crippen LogP) is 2.05. The van der Waals surface area contributed by atoms with Crippen LogP contribution in [0, 0.1) is 17.2 Å². The molecule has 1 fully saturated rings. The molecule has 4 heteroatoms. The van der Waals surface area contributed by atoms with Crippen LogP contribution in [0.15, 0.2) is 28.4 Å².